The van der Waals surface area contributed by atoms with Crippen LogP contribution >= 0.6 is 0 Å². The van der Waals surface area contributed by atoms with Gasteiger partial charge in [0.2, 0.25) is 0 Å². The van der Waals surface area contributed by atoms with E-state index in [4.69, 9.17) is 15.7 Å². The number of nitrogens with two attached hydrogens (primary N) is 1. The third-order valence-electron chi connectivity index (χ3n) is 2.55. The van der Waals surface area contributed by atoms with Crippen molar-refractivity contribution in [3.63, 3.8) is 0 Å². The van der Waals surface area contributed by atoms with E-state index in [1.165, 1.54) is 0 Å². The zero-order chi connectivity index (χ0) is 13.7. The first-order chi connectivity index (χ1) is 7.70. The van der Waals surface area contributed by atoms with Crippen LogP contribution in [-0.4, -0.2) is 28.3 Å². The van der Waals surface area contributed by atoms with Crippen molar-refractivity contribution in [2.24, 2.45) is 10.9 Å². The molecule has 6 heteroatoms. The largest absolute Gasteiger partial charge is 0.444 e. The minimum atomic E-state index is -0.864. The van der Waals surface area contributed by atoms with Gasteiger partial charge in [-0.3, -0.25) is 0 Å². The molecule has 6 nitrogen and oxygen atoms in total. The molecular formula is C11H23N3O3. The summed E-state index contributed by atoms with van der Waals surface area (Å²) in [5.41, 5.74) is 4.17. The molecular weight excluding hydrogens is 222 g/mol. The van der Waals surface area contributed by atoms with Gasteiger partial charge in [0, 0.05) is 0 Å². The number of alkyl carbamates (subject to hydrolysis) is 1. The molecule has 0 heterocycles. The third kappa shape index (κ3) is 4.50. The summed E-state index contributed by atoms with van der Waals surface area (Å²) >= 11 is 0. The van der Waals surface area contributed by atoms with E-state index < -0.39 is 17.2 Å². The van der Waals surface area contributed by atoms with Crippen molar-refractivity contribution in [3.8, 4) is 0 Å². The summed E-state index contributed by atoms with van der Waals surface area (Å²) in [5.74, 6) is -0.0200. The second kappa shape index (κ2) is 5.75. The van der Waals surface area contributed by atoms with Gasteiger partial charge >= 0.3 is 6.09 Å². The van der Waals surface area contributed by atoms with Gasteiger partial charge in [0.15, 0.2) is 5.84 Å². The Morgan fingerprint density at radius 3 is 2.12 bits per heavy atom. The maximum Gasteiger partial charge on any atom is 0.408 e. The molecule has 0 fully saturated rings. The molecule has 0 saturated heterocycles. The van der Waals surface area contributed by atoms with Crippen LogP contribution in [0.15, 0.2) is 5.16 Å². The van der Waals surface area contributed by atoms with Crippen LogP contribution < -0.4 is 11.1 Å². The fraction of sp³-hybridized carbons (Fsp3) is 0.818. The summed E-state index contributed by atoms with van der Waals surface area (Å²) in [4.78, 5) is 11.7. The SMILES string of the molecule is CCC(CC)(NC(=O)OC(C)(C)C)C(N)=NO. The molecule has 17 heavy (non-hydrogen) atoms. The molecule has 0 spiro atoms. The van der Waals surface area contributed by atoms with Gasteiger partial charge in [-0.1, -0.05) is 19.0 Å². The molecule has 100 valence electrons. The topological polar surface area (TPSA) is 96.9 Å². The van der Waals surface area contributed by atoms with Crippen molar-refractivity contribution < 1.29 is 14.7 Å². The van der Waals surface area contributed by atoms with Crippen molar-refractivity contribution in [2.45, 2.75) is 58.6 Å². The van der Waals surface area contributed by atoms with E-state index >= 15 is 0 Å². The smallest absolute Gasteiger partial charge is 0.408 e. The van der Waals surface area contributed by atoms with E-state index in [2.05, 4.69) is 10.5 Å². The number of nitrogens with one attached hydrogen (secondary N) is 1. The standard InChI is InChI=1S/C11H23N3O3/c1-6-11(7-2,8(12)14-16)13-9(15)17-10(3,4)5/h16H,6-7H2,1-5H3,(H2,12,14)(H,13,15). The van der Waals surface area contributed by atoms with Gasteiger partial charge in [-0.2, -0.15) is 0 Å². The van der Waals surface area contributed by atoms with Gasteiger partial charge in [0.1, 0.15) is 11.1 Å². The molecule has 0 radical (unpaired) electrons. The lowest BCUT2D eigenvalue weighted by Gasteiger charge is -2.32. The molecule has 0 atom stereocenters. The predicted octanol–water partition coefficient (Wildman–Crippen LogP) is 1.82. The normalized spacial score (nSPS) is 13.4. The van der Waals surface area contributed by atoms with Crippen molar-refractivity contribution in [1.29, 1.82) is 0 Å². The Morgan fingerprint density at radius 1 is 1.35 bits per heavy atom. The number of carbonyl (C=O) groups is 1. The van der Waals surface area contributed by atoms with E-state index in [1.54, 1.807) is 20.8 Å². The van der Waals surface area contributed by atoms with Crippen LogP contribution in [0.5, 0.6) is 0 Å². The fourth-order valence-corrected chi connectivity index (χ4v) is 1.45. The predicted molar refractivity (Wildman–Crippen MR) is 66.1 cm³/mol. The Kier molecular flexibility index (Phi) is 5.25. The van der Waals surface area contributed by atoms with Gasteiger partial charge in [-0.25, -0.2) is 4.79 Å². The van der Waals surface area contributed by atoms with Crippen molar-refractivity contribution in [2.75, 3.05) is 0 Å². The quantitative estimate of drug-likeness (QED) is 0.304. The number of nitrogens with zero attached hydrogens (tertiary/aromatic N) is 1. The Balaban J connectivity index is 4.84. The van der Waals surface area contributed by atoms with Gasteiger partial charge in [0.05, 0.1) is 0 Å². The summed E-state index contributed by atoms with van der Waals surface area (Å²) < 4.78 is 5.15. The lowest BCUT2D eigenvalue weighted by molar-refractivity contribution is 0.0479. The first-order valence-corrected chi connectivity index (χ1v) is 5.70. The zero-order valence-corrected chi connectivity index (χ0v) is 11.2. The molecule has 0 bridgehead atoms. The van der Waals surface area contributed by atoms with Crippen LogP contribution in [0.1, 0.15) is 47.5 Å². The molecule has 0 aromatic heterocycles. The summed E-state index contributed by atoms with van der Waals surface area (Å²) in [6, 6.07) is 0. The molecule has 0 aromatic carbocycles. The summed E-state index contributed by atoms with van der Waals surface area (Å²) in [6.07, 6.45) is 0.449. The average molecular weight is 245 g/mol. The van der Waals surface area contributed by atoms with Gasteiger partial charge in [-0.05, 0) is 33.6 Å². The maximum absolute atomic E-state index is 11.7. The minimum Gasteiger partial charge on any atom is -0.444 e. The van der Waals surface area contributed by atoms with Gasteiger partial charge in [-0.15, -0.1) is 0 Å². The highest BCUT2D eigenvalue weighted by atomic mass is 16.6. The summed E-state index contributed by atoms with van der Waals surface area (Å²) in [6.45, 7) is 9.01. The van der Waals surface area contributed by atoms with Gasteiger partial charge in [0.25, 0.3) is 0 Å². The number of ether oxygens (including phenoxy) is 1. The first-order valence-electron chi connectivity index (χ1n) is 5.70. The molecule has 1 amide bonds. The molecule has 0 aliphatic rings. The monoisotopic (exact) mass is 245 g/mol. The third-order valence-corrected chi connectivity index (χ3v) is 2.55. The number of rotatable bonds is 4. The van der Waals surface area contributed by atoms with E-state index in [9.17, 15) is 4.79 Å². The second-order valence-electron chi connectivity index (χ2n) is 4.90. The first kappa shape index (κ1) is 15.5. The lowest BCUT2D eigenvalue weighted by Crippen LogP contribution is -2.57. The average Bonchev–Trinajstić information content (AvgIpc) is 2.22. The second-order valence-corrected chi connectivity index (χ2v) is 4.90. The number of oxime groups is 1. The maximum atomic E-state index is 11.7. The minimum absolute atomic E-state index is 0.0200. The van der Waals surface area contributed by atoms with Crippen molar-refractivity contribution in [3.05, 3.63) is 0 Å². The molecule has 0 aliphatic carbocycles. The molecule has 0 unspecified atom stereocenters. The number of amides is 1. The van der Waals surface area contributed by atoms with Crippen LogP contribution in [0.25, 0.3) is 0 Å². The van der Waals surface area contributed by atoms with Crippen LogP contribution in [0.4, 0.5) is 4.79 Å². The number of hydrogen-bond donors (Lipinski definition) is 3. The van der Waals surface area contributed by atoms with Crippen LogP contribution in [0, 0.1) is 0 Å². The van der Waals surface area contributed by atoms with E-state index in [0.717, 1.165) is 0 Å². The molecule has 4 N–H and O–H groups in total. The van der Waals surface area contributed by atoms with Crippen LogP contribution in [0.2, 0.25) is 0 Å². The molecule has 0 rings (SSSR count). The Labute approximate surface area is 102 Å². The van der Waals surface area contributed by atoms with E-state index in [1.807, 2.05) is 13.8 Å². The van der Waals surface area contributed by atoms with Crippen molar-refractivity contribution >= 4 is 11.9 Å². The molecule has 0 aliphatic heterocycles. The Bertz CT molecular complexity index is 291. The van der Waals surface area contributed by atoms with Gasteiger partial charge < -0.3 is 21.0 Å². The van der Waals surface area contributed by atoms with Crippen LogP contribution in [-0.2, 0) is 4.74 Å². The molecule has 0 aromatic rings. The number of amidine groups is 1. The zero-order valence-electron chi connectivity index (χ0n) is 11.2. The highest BCUT2D eigenvalue weighted by Gasteiger charge is 2.34. The Hall–Kier alpha value is -1.46. The van der Waals surface area contributed by atoms with E-state index in [0.29, 0.717) is 12.8 Å². The fourth-order valence-electron chi connectivity index (χ4n) is 1.45. The lowest BCUT2D eigenvalue weighted by atomic mass is 9.92. The number of carbonyl (C=O) groups excluding carboxylic acids is 1. The number of hydrogen-bond acceptors (Lipinski definition) is 4. The van der Waals surface area contributed by atoms with Crippen LogP contribution in [0.3, 0.4) is 0 Å². The van der Waals surface area contributed by atoms with E-state index in [-0.39, 0.29) is 5.84 Å². The highest BCUT2D eigenvalue weighted by molar-refractivity contribution is 5.92. The summed E-state index contributed by atoms with van der Waals surface area (Å²) in [7, 11) is 0. The highest BCUT2D eigenvalue weighted by Crippen LogP contribution is 2.17. The summed E-state index contributed by atoms with van der Waals surface area (Å²) in [5, 5.41) is 14.4. The Morgan fingerprint density at radius 2 is 1.82 bits per heavy atom. The van der Waals surface area contributed by atoms with Crippen molar-refractivity contribution in [1.82, 2.24) is 5.32 Å². The molecule has 0 saturated carbocycles.